The predicted molar refractivity (Wildman–Crippen MR) is 124 cm³/mol. The quantitative estimate of drug-likeness (QED) is 0.363. The van der Waals surface area contributed by atoms with Crippen molar-refractivity contribution in [1.29, 1.82) is 0 Å². The second kappa shape index (κ2) is 8.12. The van der Waals surface area contributed by atoms with E-state index < -0.39 is 0 Å². The van der Waals surface area contributed by atoms with Crippen LogP contribution in [-0.4, -0.2) is 40.3 Å². The first-order chi connectivity index (χ1) is 16.1. The van der Waals surface area contributed by atoms with E-state index in [-0.39, 0.29) is 17.1 Å². The first kappa shape index (κ1) is 20.3. The second-order valence-electron chi connectivity index (χ2n) is 7.36. The molecule has 1 aliphatic heterocycles. The number of rotatable bonds is 5. The zero-order valence-corrected chi connectivity index (χ0v) is 17.9. The molecule has 33 heavy (non-hydrogen) atoms. The van der Waals surface area contributed by atoms with Crippen LogP contribution in [0.15, 0.2) is 63.5 Å². The summed E-state index contributed by atoms with van der Waals surface area (Å²) < 4.78 is 17.4. The highest BCUT2D eigenvalue weighted by molar-refractivity contribution is 5.93. The topological polar surface area (TPSA) is 114 Å². The molecule has 10 heteroatoms. The first-order valence-corrected chi connectivity index (χ1v) is 10.1. The van der Waals surface area contributed by atoms with Crippen molar-refractivity contribution >= 4 is 33.8 Å². The Morgan fingerprint density at radius 2 is 1.73 bits per heavy atom. The number of pyridine rings is 3. The van der Waals surface area contributed by atoms with Crippen molar-refractivity contribution in [3.8, 4) is 11.5 Å². The molecule has 3 aromatic heterocycles. The van der Waals surface area contributed by atoms with Crippen LogP contribution in [0.2, 0.25) is 0 Å². The average Bonchev–Trinajstić information content (AvgIpc) is 3.38. The number of methoxy groups -OCH3 is 2. The molecule has 5 rings (SSSR count). The Kier molecular flexibility index (Phi) is 4.99. The highest BCUT2D eigenvalue weighted by atomic mass is 16.5. The Morgan fingerprint density at radius 1 is 0.970 bits per heavy atom. The fourth-order valence-electron chi connectivity index (χ4n) is 3.77. The number of hydrazone groups is 1. The van der Waals surface area contributed by atoms with Crippen LogP contribution in [0.3, 0.4) is 0 Å². The SMILES string of the molecule is COc1ccc(CCn2ccc3nc4ccn(C5=[N+]=C=NN5)c(=O)c4cc3c2=O)cc1OC. The Balaban J connectivity index is 1.52. The summed E-state index contributed by atoms with van der Waals surface area (Å²) in [5.74, 6) is 1.52. The van der Waals surface area contributed by atoms with Gasteiger partial charge >= 0.3 is 17.5 Å². The van der Waals surface area contributed by atoms with Gasteiger partial charge in [-0.2, -0.15) is 9.24 Å². The largest absolute Gasteiger partial charge is 0.493 e. The van der Waals surface area contributed by atoms with Crippen LogP contribution < -0.4 is 30.7 Å². The fourth-order valence-corrected chi connectivity index (χ4v) is 3.77. The summed E-state index contributed by atoms with van der Waals surface area (Å²) in [6.45, 7) is 0.454. The van der Waals surface area contributed by atoms with Gasteiger partial charge in [0.1, 0.15) is 0 Å². The molecule has 164 valence electrons. The van der Waals surface area contributed by atoms with Gasteiger partial charge in [-0.3, -0.25) is 9.59 Å². The molecule has 0 spiro atoms. The van der Waals surface area contributed by atoms with E-state index in [4.69, 9.17) is 9.47 Å². The molecule has 0 saturated heterocycles. The van der Waals surface area contributed by atoms with Crippen LogP contribution in [0.5, 0.6) is 11.5 Å². The molecule has 1 aliphatic rings. The van der Waals surface area contributed by atoms with E-state index >= 15 is 0 Å². The number of hydrogen-bond acceptors (Lipinski definition) is 7. The van der Waals surface area contributed by atoms with E-state index in [1.807, 2.05) is 18.2 Å². The van der Waals surface area contributed by atoms with Crippen molar-refractivity contribution in [3.05, 3.63) is 75.1 Å². The summed E-state index contributed by atoms with van der Waals surface area (Å²) in [7, 11) is 3.17. The summed E-state index contributed by atoms with van der Waals surface area (Å²) in [5, 5.41) is 4.34. The van der Waals surface area contributed by atoms with E-state index in [0.29, 0.717) is 46.3 Å². The molecule has 0 radical (unpaired) electrons. The van der Waals surface area contributed by atoms with Gasteiger partial charge in [-0.15, -0.1) is 5.43 Å². The number of ether oxygens (including phenoxy) is 2. The van der Waals surface area contributed by atoms with Gasteiger partial charge in [0.2, 0.25) is 0 Å². The minimum absolute atomic E-state index is 0.217. The molecule has 0 bridgehead atoms. The van der Waals surface area contributed by atoms with Crippen molar-refractivity contribution < 1.29 is 9.47 Å². The van der Waals surface area contributed by atoms with E-state index in [9.17, 15) is 9.59 Å². The number of hydrogen-bond donors (Lipinski definition) is 1. The van der Waals surface area contributed by atoms with Gasteiger partial charge < -0.3 is 14.0 Å². The van der Waals surface area contributed by atoms with Crippen LogP contribution in [0, 0.1) is 0 Å². The maximum absolute atomic E-state index is 13.2. The summed E-state index contributed by atoms with van der Waals surface area (Å²) >= 11 is 0. The number of fused-ring (bicyclic) bond motifs is 2. The molecule has 4 aromatic rings. The molecule has 0 unspecified atom stereocenters. The highest BCUT2D eigenvalue weighted by Gasteiger charge is 2.19. The zero-order chi connectivity index (χ0) is 22.9. The lowest BCUT2D eigenvalue weighted by molar-refractivity contribution is 0.354. The molecule has 0 saturated carbocycles. The molecule has 0 aliphatic carbocycles. The van der Waals surface area contributed by atoms with Gasteiger partial charge in [-0.25, -0.2) is 4.98 Å². The molecular weight excluding hydrogens is 424 g/mol. The Bertz CT molecular complexity index is 1640. The molecule has 1 aromatic carbocycles. The summed E-state index contributed by atoms with van der Waals surface area (Å²) in [6.07, 6.45) is 3.89. The van der Waals surface area contributed by atoms with Gasteiger partial charge in [0.05, 0.1) is 47.3 Å². The maximum Gasteiger partial charge on any atom is 0.451 e. The Morgan fingerprint density at radius 3 is 2.45 bits per heavy atom. The lowest BCUT2D eigenvalue weighted by Gasteiger charge is -2.11. The van der Waals surface area contributed by atoms with Crippen LogP contribution in [-0.2, 0) is 13.0 Å². The van der Waals surface area contributed by atoms with Gasteiger partial charge in [0.15, 0.2) is 11.5 Å². The van der Waals surface area contributed by atoms with Crippen LogP contribution in [0.25, 0.3) is 21.8 Å². The summed E-state index contributed by atoms with van der Waals surface area (Å²) in [6, 6.07) is 13.1. The van der Waals surface area contributed by atoms with E-state index in [1.54, 1.807) is 49.4 Å². The summed E-state index contributed by atoms with van der Waals surface area (Å²) in [5.41, 5.74) is 4.06. The van der Waals surface area contributed by atoms with Crippen LogP contribution in [0.1, 0.15) is 5.56 Å². The van der Waals surface area contributed by atoms with Gasteiger partial charge in [-0.1, -0.05) is 6.07 Å². The van der Waals surface area contributed by atoms with Gasteiger partial charge in [-0.05, 0) is 42.3 Å². The summed E-state index contributed by atoms with van der Waals surface area (Å²) in [4.78, 5) is 30.7. The number of aryl methyl sites for hydroxylation is 2. The zero-order valence-electron chi connectivity index (χ0n) is 17.9. The third kappa shape index (κ3) is 3.55. The molecule has 4 heterocycles. The van der Waals surface area contributed by atoms with Crippen molar-refractivity contribution in [1.82, 2.24) is 24.2 Å². The molecular formula is C23H19N6O4+. The first-order valence-electron chi connectivity index (χ1n) is 10.1. The van der Waals surface area contributed by atoms with Crippen molar-refractivity contribution in [2.45, 2.75) is 13.0 Å². The fraction of sp³-hybridized carbons (Fsp3) is 0.174. The molecule has 0 fully saturated rings. The van der Waals surface area contributed by atoms with Crippen molar-refractivity contribution in [2.24, 2.45) is 5.10 Å². The van der Waals surface area contributed by atoms with Gasteiger partial charge in [0.25, 0.3) is 5.56 Å². The average molecular weight is 443 g/mol. The van der Waals surface area contributed by atoms with E-state index in [2.05, 4.69) is 26.2 Å². The lowest BCUT2D eigenvalue weighted by Crippen LogP contribution is -2.34. The third-order valence-electron chi connectivity index (χ3n) is 5.50. The Labute approximate surface area is 186 Å². The number of nitrogens with zero attached hydrogens (tertiary/aromatic N) is 5. The normalized spacial score (nSPS) is 12.2. The number of aromatic nitrogens is 3. The molecule has 0 atom stereocenters. The lowest BCUT2D eigenvalue weighted by atomic mass is 10.1. The highest BCUT2D eigenvalue weighted by Crippen LogP contribution is 2.27. The Hall–Kier alpha value is -4.65. The van der Waals surface area contributed by atoms with Crippen molar-refractivity contribution in [2.75, 3.05) is 14.2 Å². The van der Waals surface area contributed by atoms with Crippen LogP contribution >= 0.6 is 0 Å². The minimum Gasteiger partial charge on any atom is -0.493 e. The maximum atomic E-state index is 13.2. The number of nitrogens with one attached hydrogen (secondary N) is 1. The van der Waals surface area contributed by atoms with Crippen LogP contribution in [0.4, 0.5) is 0 Å². The standard InChI is InChI=1S/C23H18N6O4/c1-32-19-4-3-14(11-20(19)33-2)5-8-28-9-6-17-15(21(28)30)12-16-18(26-17)7-10-29(22(16)31)23-24-13-25-27-23/h3-4,6-7,9-12H,5,8H2,1-2H3/p+1. The second-order valence-corrected chi connectivity index (χ2v) is 7.36. The van der Waals surface area contributed by atoms with E-state index in [1.165, 1.54) is 4.57 Å². The van der Waals surface area contributed by atoms with Crippen molar-refractivity contribution in [3.63, 3.8) is 0 Å². The molecule has 0 amide bonds. The predicted octanol–water partition coefficient (Wildman–Crippen LogP) is 0.935. The third-order valence-corrected chi connectivity index (χ3v) is 5.50. The molecule has 10 nitrogen and oxygen atoms in total. The van der Waals surface area contributed by atoms with E-state index in [0.717, 1.165) is 5.56 Å². The monoisotopic (exact) mass is 443 g/mol. The van der Waals surface area contributed by atoms with Gasteiger partial charge in [0, 0.05) is 12.7 Å². The smallest absolute Gasteiger partial charge is 0.451 e. The minimum atomic E-state index is -0.354. The molecule has 1 N–H and O–H groups in total. The number of benzene rings is 1.